The normalized spacial score (nSPS) is 11.8. The Balaban J connectivity index is 1.93. The lowest BCUT2D eigenvalue weighted by Crippen LogP contribution is -2.37. The molecule has 0 aliphatic rings. The number of benzene rings is 2. The van der Waals surface area contributed by atoms with Crippen molar-refractivity contribution >= 4 is 34.4 Å². The zero-order valence-electron chi connectivity index (χ0n) is 17.2. The lowest BCUT2D eigenvalue weighted by Gasteiger charge is -2.12. The van der Waals surface area contributed by atoms with Crippen LogP contribution in [0.4, 0.5) is 13.2 Å². The highest BCUT2D eigenvalue weighted by Crippen LogP contribution is 2.35. The van der Waals surface area contributed by atoms with Crippen LogP contribution in [0.3, 0.4) is 0 Å². The third kappa shape index (κ3) is 4.36. The van der Waals surface area contributed by atoms with E-state index in [-0.39, 0.29) is 34.5 Å². The first-order chi connectivity index (χ1) is 15.5. The Hall–Kier alpha value is -3.24. The van der Waals surface area contributed by atoms with E-state index < -0.39 is 23.0 Å². The molecule has 4 aromatic rings. The lowest BCUT2D eigenvalue weighted by atomic mass is 10.2. The van der Waals surface area contributed by atoms with Crippen LogP contribution < -0.4 is 16.0 Å². The standard InChI is InChI=1S/C21H15Cl2F3N4O3/c1-28-17-16(18(31)29(2)20(28)32)30(10-11-3-5-13(22)6-4-11)19(27-17)33-15-8-12(21(24,25)26)7-14(23)9-15/h3-9H,10H2,1-2H3. The van der Waals surface area contributed by atoms with Gasteiger partial charge in [-0.25, -0.2) is 4.79 Å². The first kappa shape index (κ1) is 22.9. The van der Waals surface area contributed by atoms with Crippen LogP contribution in [0.15, 0.2) is 52.1 Å². The van der Waals surface area contributed by atoms with E-state index in [4.69, 9.17) is 27.9 Å². The van der Waals surface area contributed by atoms with Gasteiger partial charge in [0.25, 0.3) is 5.56 Å². The number of nitrogens with zero attached hydrogens (tertiary/aromatic N) is 4. The number of fused-ring (bicyclic) bond motifs is 1. The van der Waals surface area contributed by atoms with Crippen molar-refractivity contribution in [2.24, 2.45) is 14.1 Å². The minimum atomic E-state index is -4.65. The first-order valence-electron chi connectivity index (χ1n) is 9.42. The molecule has 0 aliphatic carbocycles. The SMILES string of the molecule is Cn1c(=O)c2c(nc(Oc3cc(Cl)cc(C(F)(F)F)c3)n2Cc2ccc(Cl)cc2)n(C)c1=O. The maximum atomic E-state index is 13.2. The van der Waals surface area contributed by atoms with E-state index in [0.29, 0.717) is 10.6 Å². The van der Waals surface area contributed by atoms with Crippen molar-refractivity contribution < 1.29 is 17.9 Å². The molecule has 2 heterocycles. The van der Waals surface area contributed by atoms with E-state index in [9.17, 15) is 22.8 Å². The summed E-state index contributed by atoms with van der Waals surface area (Å²) >= 11 is 11.8. The van der Waals surface area contributed by atoms with Crippen molar-refractivity contribution in [1.29, 1.82) is 0 Å². The average Bonchev–Trinajstić information content (AvgIpc) is 3.09. The van der Waals surface area contributed by atoms with Crippen LogP contribution in [0.1, 0.15) is 11.1 Å². The number of aryl methyl sites for hydroxylation is 1. The quantitative estimate of drug-likeness (QED) is 0.412. The van der Waals surface area contributed by atoms with E-state index in [1.165, 1.54) is 24.7 Å². The molecule has 0 saturated heterocycles. The van der Waals surface area contributed by atoms with Crippen LogP contribution in [-0.2, 0) is 26.8 Å². The second-order valence-electron chi connectivity index (χ2n) is 7.26. The summed E-state index contributed by atoms with van der Waals surface area (Å²) in [5.74, 6) is -0.232. The van der Waals surface area contributed by atoms with E-state index >= 15 is 0 Å². The lowest BCUT2D eigenvalue weighted by molar-refractivity contribution is -0.137. The Morgan fingerprint density at radius 3 is 2.27 bits per heavy atom. The van der Waals surface area contributed by atoms with Gasteiger partial charge in [-0.2, -0.15) is 18.2 Å². The molecule has 0 fully saturated rings. The molecule has 2 aromatic heterocycles. The van der Waals surface area contributed by atoms with Gasteiger partial charge in [0.2, 0.25) is 0 Å². The summed E-state index contributed by atoms with van der Waals surface area (Å²) in [6.07, 6.45) is -4.65. The fourth-order valence-electron chi connectivity index (χ4n) is 3.31. The van der Waals surface area contributed by atoms with E-state index in [0.717, 1.165) is 21.3 Å². The van der Waals surface area contributed by atoms with E-state index in [1.54, 1.807) is 24.3 Å². The highest BCUT2D eigenvalue weighted by molar-refractivity contribution is 6.31. The zero-order chi connectivity index (χ0) is 24.1. The molecule has 0 atom stereocenters. The maximum Gasteiger partial charge on any atom is 0.416 e. The van der Waals surface area contributed by atoms with Crippen LogP contribution in [0.2, 0.25) is 10.0 Å². The molecule has 2 aromatic carbocycles. The molecule has 4 rings (SSSR count). The molecule has 0 amide bonds. The monoisotopic (exact) mass is 498 g/mol. The summed E-state index contributed by atoms with van der Waals surface area (Å²) < 4.78 is 48.8. The van der Waals surface area contributed by atoms with Gasteiger partial charge >= 0.3 is 17.9 Å². The molecule has 172 valence electrons. The second kappa shape index (κ2) is 8.27. The van der Waals surface area contributed by atoms with Crippen LogP contribution in [0, 0.1) is 0 Å². The predicted molar refractivity (Wildman–Crippen MR) is 117 cm³/mol. The van der Waals surface area contributed by atoms with Crippen molar-refractivity contribution in [2.45, 2.75) is 12.7 Å². The van der Waals surface area contributed by atoms with Crippen LogP contribution in [-0.4, -0.2) is 18.7 Å². The van der Waals surface area contributed by atoms with Crippen molar-refractivity contribution in [3.63, 3.8) is 0 Å². The average molecular weight is 499 g/mol. The minimum absolute atomic E-state index is 0.0186. The number of halogens is 5. The topological polar surface area (TPSA) is 71.1 Å². The van der Waals surface area contributed by atoms with Crippen LogP contribution in [0.5, 0.6) is 11.8 Å². The molecule has 0 bridgehead atoms. The van der Waals surface area contributed by atoms with Gasteiger partial charge < -0.3 is 4.74 Å². The Kier molecular flexibility index (Phi) is 5.75. The molecule has 0 N–H and O–H groups in total. The Morgan fingerprint density at radius 2 is 1.64 bits per heavy atom. The van der Waals surface area contributed by atoms with E-state index in [1.807, 2.05) is 0 Å². The van der Waals surface area contributed by atoms with Gasteiger partial charge in [0, 0.05) is 24.1 Å². The Bertz CT molecular complexity index is 1490. The molecular weight excluding hydrogens is 484 g/mol. The van der Waals surface area contributed by atoms with Gasteiger partial charge in [0.1, 0.15) is 5.75 Å². The van der Waals surface area contributed by atoms with Gasteiger partial charge in [0.15, 0.2) is 11.2 Å². The highest BCUT2D eigenvalue weighted by Gasteiger charge is 2.32. The molecule has 0 unspecified atom stereocenters. The maximum absolute atomic E-state index is 13.2. The van der Waals surface area contributed by atoms with Gasteiger partial charge in [0.05, 0.1) is 12.1 Å². The van der Waals surface area contributed by atoms with Gasteiger partial charge in [-0.05, 0) is 35.9 Å². The van der Waals surface area contributed by atoms with Crippen molar-refractivity contribution in [3.8, 4) is 11.8 Å². The number of ether oxygens (including phenoxy) is 1. The number of hydrogen-bond donors (Lipinski definition) is 0. The third-order valence-electron chi connectivity index (χ3n) is 4.97. The minimum Gasteiger partial charge on any atom is -0.425 e. The molecule has 12 heteroatoms. The molecule has 0 saturated carbocycles. The third-order valence-corrected chi connectivity index (χ3v) is 5.44. The van der Waals surface area contributed by atoms with Gasteiger partial charge in [-0.15, -0.1) is 0 Å². The Morgan fingerprint density at radius 1 is 0.970 bits per heavy atom. The van der Waals surface area contributed by atoms with E-state index in [2.05, 4.69) is 4.98 Å². The summed E-state index contributed by atoms with van der Waals surface area (Å²) in [6, 6.07) is 9.28. The predicted octanol–water partition coefficient (Wildman–Crippen LogP) is 4.60. The summed E-state index contributed by atoms with van der Waals surface area (Å²) in [6.45, 7) is 0.0726. The molecule has 0 aliphatic heterocycles. The van der Waals surface area contributed by atoms with Crippen molar-refractivity contribution in [2.75, 3.05) is 0 Å². The summed E-state index contributed by atoms with van der Waals surface area (Å²) in [7, 11) is 2.74. The molecule has 0 radical (unpaired) electrons. The van der Waals surface area contributed by atoms with Gasteiger partial charge in [-0.1, -0.05) is 35.3 Å². The number of hydrogen-bond acceptors (Lipinski definition) is 4. The first-order valence-corrected chi connectivity index (χ1v) is 10.2. The fraction of sp³-hybridized carbons (Fsp3) is 0.190. The van der Waals surface area contributed by atoms with Crippen molar-refractivity contribution in [3.05, 3.63) is 84.5 Å². The largest absolute Gasteiger partial charge is 0.425 e. The zero-order valence-corrected chi connectivity index (χ0v) is 18.7. The number of aromatic nitrogens is 4. The highest BCUT2D eigenvalue weighted by atomic mass is 35.5. The molecule has 33 heavy (non-hydrogen) atoms. The Labute approximate surface area is 194 Å². The molecule has 0 spiro atoms. The number of imidazole rings is 1. The summed E-state index contributed by atoms with van der Waals surface area (Å²) in [4.78, 5) is 29.5. The summed E-state index contributed by atoms with van der Waals surface area (Å²) in [5.41, 5.74) is -1.48. The van der Waals surface area contributed by atoms with Crippen molar-refractivity contribution in [1.82, 2.24) is 18.7 Å². The number of alkyl halides is 3. The fourth-order valence-corrected chi connectivity index (χ4v) is 3.67. The van der Waals surface area contributed by atoms with Crippen LogP contribution in [0.25, 0.3) is 11.2 Å². The molecule has 7 nitrogen and oxygen atoms in total. The smallest absolute Gasteiger partial charge is 0.416 e. The van der Waals surface area contributed by atoms with Gasteiger partial charge in [-0.3, -0.25) is 18.5 Å². The van der Waals surface area contributed by atoms with Crippen LogP contribution >= 0.6 is 23.2 Å². The number of rotatable bonds is 4. The molecular formula is C21H15Cl2F3N4O3. The summed E-state index contributed by atoms with van der Waals surface area (Å²) in [5, 5.41) is 0.311. The second-order valence-corrected chi connectivity index (χ2v) is 8.13.